The summed E-state index contributed by atoms with van der Waals surface area (Å²) in [6.07, 6.45) is 0.305. The summed E-state index contributed by atoms with van der Waals surface area (Å²) in [4.78, 5) is 13.9. The van der Waals surface area contributed by atoms with Gasteiger partial charge in [-0.2, -0.15) is 0 Å². The number of carbonyl (C=O) groups excluding carboxylic acids is 1. The molecule has 3 atom stereocenters. The minimum Gasteiger partial charge on any atom is -0.372 e. The van der Waals surface area contributed by atoms with Crippen LogP contribution in [0.1, 0.15) is 20.8 Å². The highest BCUT2D eigenvalue weighted by atomic mass is 35.5. The lowest BCUT2D eigenvalue weighted by atomic mass is 10.1. The first-order chi connectivity index (χ1) is 7.04. The van der Waals surface area contributed by atoms with E-state index in [-0.39, 0.29) is 36.4 Å². The Hall–Kier alpha value is -0.320. The van der Waals surface area contributed by atoms with Gasteiger partial charge < -0.3 is 15.0 Å². The van der Waals surface area contributed by atoms with Crippen LogP contribution >= 0.6 is 12.4 Å². The molecule has 1 aliphatic rings. The monoisotopic (exact) mass is 250 g/mol. The van der Waals surface area contributed by atoms with E-state index in [2.05, 4.69) is 5.32 Å². The molecule has 1 heterocycles. The predicted molar refractivity (Wildman–Crippen MR) is 66.9 cm³/mol. The van der Waals surface area contributed by atoms with Gasteiger partial charge in [-0.25, -0.2) is 0 Å². The highest BCUT2D eigenvalue weighted by Gasteiger charge is 2.28. The van der Waals surface area contributed by atoms with Gasteiger partial charge in [0.25, 0.3) is 0 Å². The van der Waals surface area contributed by atoms with E-state index in [0.717, 1.165) is 19.6 Å². The van der Waals surface area contributed by atoms with Crippen molar-refractivity contribution < 1.29 is 9.53 Å². The number of hydrogen-bond acceptors (Lipinski definition) is 3. The van der Waals surface area contributed by atoms with Crippen molar-refractivity contribution in [2.75, 3.05) is 26.7 Å². The van der Waals surface area contributed by atoms with E-state index in [1.165, 1.54) is 0 Å². The minimum absolute atomic E-state index is 0. The third kappa shape index (κ3) is 4.28. The normalized spacial score (nSPS) is 27.1. The summed E-state index contributed by atoms with van der Waals surface area (Å²) in [6, 6.07) is 0. The van der Waals surface area contributed by atoms with Crippen LogP contribution in [0, 0.1) is 5.92 Å². The number of halogens is 1. The Morgan fingerprint density at radius 2 is 1.94 bits per heavy atom. The maximum atomic E-state index is 12.0. The van der Waals surface area contributed by atoms with Crippen LogP contribution < -0.4 is 5.32 Å². The fourth-order valence-corrected chi connectivity index (χ4v) is 2.06. The molecular formula is C11H23ClN2O2. The minimum atomic E-state index is 0. The van der Waals surface area contributed by atoms with E-state index in [0.29, 0.717) is 0 Å². The van der Waals surface area contributed by atoms with Gasteiger partial charge in [0.2, 0.25) is 5.91 Å². The average molecular weight is 251 g/mol. The Labute approximate surface area is 104 Å². The van der Waals surface area contributed by atoms with Gasteiger partial charge in [0, 0.05) is 25.6 Å². The molecule has 0 aromatic heterocycles. The number of nitrogens with one attached hydrogen (secondary N) is 1. The van der Waals surface area contributed by atoms with Gasteiger partial charge in [0.05, 0.1) is 12.2 Å². The summed E-state index contributed by atoms with van der Waals surface area (Å²) in [6.45, 7) is 8.16. The van der Waals surface area contributed by atoms with Crippen molar-refractivity contribution in [1.82, 2.24) is 10.2 Å². The van der Waals surface area contributed by atoms with Gasteiger partial charge in [-0.1, -0.05) is 6.92 Å². The lowest BCUT2D eigenvalue weighted by Gasteiger charge is -2.36. The molecule has 5 heteroatoms. The fraction of sp³-hybridized carbons (Fsp3) is 0.909. The van der Waals surface area contributed by atoms with Crippen LogP contribution in [0.25, 0.3) is 0 Å². The highest BCUT2D eigenvalue weighted by Crippen LogP contribution is 2.13. The molecule has 1 saturated heterocycles. The number of rotatable bonds is 3. The maximum absolute atomic E-state index is 12.0. The summed E-state index contributed by atoms with van der Waals surface area (Å²) in [5.74, 6) is 0.277. The Balaban J connectivity index is 0.00000225. The molecule has 1 N–H and O–H groups in total. The molecule has 0 spiro atoms. The van der Waals surface area contributed by atoms with Crippen LogP contribution in [0.4, 0.5) is 0 Å². The van der Waals surface area contributed by atoms with Crippen molar-refractivity contribution in [2.45, 2.75) is 33.0 Å². The van der Waals surface area contributed by atoms with Crippen LogP contribution in [-0.2, 0) is 9.53 Å². The summed E-state index contributed by atoms with van der Waals surface area (Å²) >= 11 is 0. The van der Waals surface area contributed by atoms with Gasteiger partial charge in [-0.05, 0) is 20.9 Å². The number of ether oxygens (including phenoxy) is 1. The molecule has 1 amide bonds. The van der Waals surface area contributed by atoms with E-state index in [1.807, 2.05) is 32.7 Å². The van der Waals surface area contributed by atoms with E-state index in [9.17, 15) is 4.79 Å². The van der Waals surface area contributed by atoms with Crippen LogP contribution in [-0.4, -0.2) is 49.7 Å². The Morgan fingerprint density at radius 3 is 2.38 bits per heavy atom. The number of nitrogens with zero attached hydrogens (tertiary/aromatic N) is 1. The second-order valence-electron chi connectivity index (χ2n) is 4.46. The fourth-order valence-electron chi connectivity index (χ4n) is 2.06. The molecule has 96 valence electrons. The number of amides is 1. The largest absolute Gasteiger partial charge is 0.372 e. The Bertz CT molecular complexity index is 216. The second-order valence-corrected chi connectivity index (χ2v) is 4.46. The first kappa shape index (κ1) is 15.7. The molecule has 4 nitrogen and oxygen atoms in total. The Morgan fingerprint density at radius 1 is 1.44 bits per heavy atom. The first-order valence-electron chi connectivity index (χ1n) is 5.63. The Kier molecular flexibility index (Phi) is 6.95. The number of carbonyl (C=O) groups is 1. The van der Waals surface area contributed by atoms with Crippen molar-refractivity contribution in [2.24, 2.45) is 5.92 Å². The average Bonchev–Trinajstić information content (AvgIpc) is 2.15. The molecule has 0 bridgehead atoms. The van der Waals surface area contributed by atoms with Crippen LogP contribution in [0.2, 0.25) is 0 Å². The zero-order valence-corrected chi connectivity index (χ0v) is 11.3. The summed E-state index contributed by atoms with van der Waals surface area (Å²) in [5, 5.41) is 3.03. The van der Waals surface area contributed by atoms with Crippen LogP contribution in [0.5, 0.6) is 0 Å². The van der Waals surface area contributed by atoms with Gasteiger partial charge in [0.15, 0.2) is 0 Å². The maximum Gasteiger partial charge on any atom is 0.226 e. The summed E-state index contributed by atoms with van der Waals surface area (Å²) < 4.78 is 5.60. The second kappa shape index (κ2) is 7.09. The molecule has 0 aromatic carbocycles. The molecule has 0 aromatic rings. The summed E-state index contributed by atoms with van der Waals surface area (Å²) in [7, 11) is 1.87. The SMILES string of the molecule is CNCC(C)C(=O)N1C[C@@H](C)O[C@@H](C)C1.Cl. The van der Waals surface area contributed by atoms with E-state index >= 15 is 0 Å². The van der Waals surface area contributed by atoms with Crippen LogP contribution in [0.3, 0.4) is 0 Å². The van der Waals surface area contributed by atoms with Gasteiger partial charge in [-0.3, -0.25) is 4.79 Å². The van der Waals surface area contributed by atoms with Gasteiger partial charge >= 0.3 is 0 Å². The third-order valence-corrected chi connectivity index (χ3v) is 2.66. The molecular weight excluding hydrogens is 228 g/mol. The van der Waals surface area contributed by atoms with Crippen molar-refractivity contribution in [3.05, 3.63) is 0 Å². The van der Waals surface area contributed by atoms with Gasteiger partial charge in [0.1, 0.15) is 0 Å². The summed E-state index contributed by atoms with van der Waals surface area (Å²) in [5.41, 5.74) is 0. The molecule has 0 radical (unpaired) electrons. The lowest BCUT2D eigenvalue weighted by Crippen LogP contribution is -2.50. The number of hydrogen-bond donors (Lipinski definition) is 1. The zero-order chi connectivity index (χ0) is 11.4. The molecule has 1 rings (SSSR count). The van der Waals surface area contributed by atoms with Crippen LogP contribution in [0.15, 0.2) is 0 Å². The molecule has 1 aliphatic heterocycles. The van der Waals surface area contributed by atoms with E-state index in [4.69, 9.17) is 4.74 Å². The molecule has 1 unspecified atom stereocenters. The lowest BCUT2D eigenvalue weighted by molar-refractivity contribution is -0.146. The van der Waals surface area contributed by atoms with Crippen molar-refractivity contribution in [1.29, 1.82) is 0 Å². The smallest absolute Gasteiger partial charge is 0.226 e. The van der Waals surface area contributed by atoms with Crippen molar-refractivity contribution >= 4 is 18.3 Å². The van der Waals surface area contributed by atoms with Crippen molar-refractivity contribution in [3.63, 3.8) is 0 Å². The third-order valence-electron chi connectivity index (χ3n) is 2.66. The standard InChI is InChI=1S/C11H22N2O2.ClH/c1-8(5-12-4)11(14)13-6-9(2)15-10(3)7-13;/h8-10,12H,5-7H2,1-4H3;1H/t8?,9-,10+;. The highest BCUT2D eigenvalue weighted by molar-refractivity contribution is 5.85. The number of morpholine rings is 1. The molecule has 1 fully saturated rings. The predicted octanol–water partition coefficient (Wildman–Crippen LogP) is 0.899. The van der Waals surface area contributed by atoms with E-state index in [1.54, 1.807) is 0 Å². The first-order valence-corrected chi connectivity index (χ1v) is 5.63. The van der Waals surface area contributed by atoms with E-state index < -0.39 is 0 Å². The zero-order valence-electron chi connectivity index (χ0n) is 10.5. The van der Waals surface area contributed by atoms with Crippen molar-refractivity contribution in [3.8, 4) is 0 Å². The molecule has 16 heavy (non-hydrogen) atoms. The molecule has 0 saturated carbocycles. The topological polar surface area (TPSA) is 41.6 Å². The molecule has 0 aliphatic carbocycles. The van der Waals surface area contributed by atoms with Gasteiger partial charge in [-0.15, -0.1) is 12.4 Å². The quantitative estimate of drug-likeness (QED) is 0.809.